The van der Waals surface area contributed by atoms with Crippen molar-refractivity contribution in [2.75, 3.05) is 0 Å². The van der Waals surface area contributed by atoms with Crippen molar-refractivity contribution in [3.05, 3.63) is 11.6 Å². The van der Waals surface area contributed by atoms with E-state index >= 15 is 0 Å². The molecule has 1 rings (SSSR count). The van der Waals surface area contributed by atoms with Gasteiger partial charge in [0.1, 0.15) is 0 Å². The van der Waals surface area contributed by atoms with E-state index in [-0.39, 0.29) is 0 Å². The van der Waals surface area contributed by atoms with Crippen LogP contribution in [0.2, 0.25) is 0 Å². The van der Waals surface area contributed by atoms with Gasteiger partial charge >= 0.3 is 0 Å². The Kier molecular flexibility index (Phi) is 4.55. The first-order chi connectivity index (χ1) is 6.31. The molecule has 2 unspecified atom stereocenters. The van der Waals surface area contributed by atoms with E-state index in [4.69, 9.17) is 0 Å². The van der Waals surface area contributed by atoms with E-state index in [1.165, 1.54) is 38.5 Å². The summed E-state index contributed by atoms with van der Waals surface area (Å²) in [7, 11) is 0. The Morgan fingerprint density at radius 3 is 2.54 bits per heavy atom. The molecule has 76 valence electrons. The average Bonchev–Trinajstić information content (AvgIpc) is 2.38. The fraction of sp³-hybridized carbons (Fsp3) is 0.846. The summed E-state index contributed by atoms with van der Waals surface area (Å²) in [6.07, 6.45) is 10.7. The average molecular weight is 180 g/mol. The first-order valence-electron chi connectivity index (χ1n) is 6.00. The van der Waals surface area contributed by atoms with Crippen LogP contribution in [-0.2, 0) is 0 Å². The molecule has 0 amide bonds. The van der Waals surface area contributed by atoms with Gasteiger partial charge in [-0.2, -0.15) is 0 Å². The molecule has 0 N–H and O–H groups in total. The fourth-order valence-corrected chi connectivity index (χ4v) is 2.58. The highest BCUT2D eigenvalue weighted by molar-refractivity contribution is 5.08. The molecule has 0 saturated carbocycles. The molecule has 0 aromatic rings. The van der Waals surface area contributed by atoms with Gasteiger partial charge in [0, 0.05) is 0 Å². The van der Waals surface area contributed by atoms with Gasteiger partial charge in [-0.3, -0.25) is 0 Å². The summed E-state index contributed by atoms with van der Waals surface area (Å²) in [5.41, 5.74) is 1.73. The molecular weight excluding hydrogens is 156 g/mol. The van der Waals surface area contributed by atoms with Crippen molar-refractivity contribution in [1.29, 1.82) is 0 Å². The van der Waals surface area contributed by atoms with Crippen LogP contribution >= 0.6 is 0 Å². The minimum absolute atomic E-state index is 0.900. The first kappa shape index (κ1) is 10.8. The van der Waals surface area contributed by atoms with Crippen molar-refractivity contribution in [1.82, 2.24) is 0 Å². The lowest BCUT2D eigenvalue weighted by atomic mass is 9.86. The van der Waals surface area contributed by atoms with Gasteiger partial charge in [0.2, 0.25) is 0 Å². The van der Waals surface area contributed by atoms with E-state index < -0.39 is 0 Å². The van der Waals surface area contributed by atoms with Crippen LogP contribution in [0.15, 0.2) is 11.6 Å². The highest BCUT2D eigenvalue weighted by Crippen LogP contribution is 2.33. The molecule has 0 saturated heterocycles. The fourth-order valence-electron chi connectivity index (χ4n) is 2.58. The maximum absolute atomic E-state index is 2.52. The zero-order chi connectivity index (χ0) is 9.68. The SMILES string of the molecule is CCC1=CCCC(CC)CC1CC. The lowest BCUT2D eigenvalue weighted by Crippen LogP contribution is -2.07. The summed E-state index contributed by atoms with van der Waals surface area (Å²) in [4.78, 5) is 0. The third kappa shape index (κ3) is 2.86. The van der Waals surface area contributed by atoms with Crippen molar-refractivity contribution >= 4 is 0 Å². The standard InChI is InChI=1S/C13H24/c1-4-11-8-7-9-12(5-2)13(6-3)10-11/h9,11,13H,4-8,10H2,1-3H3. The second-order valence-electron chi connectivity index (χ2n) is 4.33. The van der Waals surface area contributed by atoms with Crippen LogP contribution in [0, 0.1) is 11.8 Å². The lowest BCUT2D eigenvalue weighted by Gasteiger charge is -2.20. The molecule has 0 spiro atoms. The number of hydrogen-bond donors (Lipinski definition) is 0. The second kappa shape index (κ2) is 5.47. The molecule has 0 aromatic carbocycles. The summed E-state index contributed by atoms with van der Waals surface area (Å²) in [5.74, 6) is 1.89. The maximum atomic E-state index is 2.52. The van der Waals surface area contributed by atoms with Gasteiger partial charge in [-0.1, -0.05) is 38.8 Å². The molecule has 0 radical (unpaired) electrons. The van der Waals surface area contributed by atoms with Gasteiger partial charge in [0.25, 0.3) is 0 Å². The van der Waals surface area contributed by atoms with E-state index in [9.17, 15) is 0 Å². The molecule has 0 heterocycles. The molecular formula is C13H24. The van der Waals surface area contributed by atoms with Crippen LogP contribution in [0.1, 0.15) is 59.3 Å². The van der Waals surface area contributed by atoms with Crippen LogP contribution in [0.4, 0.5) is 0 Å². The Morgan fingerprint density at radius 2 is 2.00 bits per heavy atom. The highest BCUT2D eigenvalue weighted by Gasteiger charge is 2.18. The Morgan fingerprint density at radius 1 is 1.23 bits per heavy atom. The Balaban J connectivity index is 2.61. The number of allylic oxidation sites excluding steroid dienone is 2. The monoisotopic (exact) mass is 180 g/mol. The molecule has 0 aromatic heterocycles. The van der Waals surface area contributed by atoms with Crippen molar-refractivity contribution in [2.24, 2.45) is 11.8 Å². The quantitative estimate of drug-likeness (QED) is 0.558. The number of rotatable bonds is 3. The normalized spacial score (nSPS) is 29.6. The predicted octanol–water partition coefficient (Wildman–Crippen LogP) is 4.56. The third-order valence-corrected chi connectivity index (χ3v) is 3.60. The summed E-state index contributed by atoms with van der Waals surface area (Å²) >= 11 is 0. The van der Waals surface area contributed by atoms with Crippen molar-refractivity contribution < 1.29 is 0 Å². The smallest absolute Gasteiger partial charge is 0.0203 e. The third-order valence-electron chi connectivity index (χ3n) is 3.60. The van der Waals surface area contributed by atoms with E-state index in [0.29, 0.717) is 0 Å². The zero-order valence-corrected chi connectivity index (χ0v) is 9.47. The Bertz CT molecular complexity index is 167. The molecule has 0 fully saturated rings. The van der Waals surface area contributed by atoms with Gasteiger partial charge in [-0.25, -0.2) is 0 Å². The molecule has 1 aliphatic carbocycles. The Hall–Kier alpha value is -0.260. The van der Waals surface area contributed by atoms with E-state index in [2.05, 4.69) is 26.8 Å². The van der Waals surface area contributed by atoms with Crippen LogP contribution in [0.5, 0.6) is 0 Å². The molecule has 1 aliphatic rings. The minimum atomic E-state index is 0.900. The van der Waals surface area contributed by atoms with E-state index in [1.807, 2.05) is 0 Å². The summed E-state index contributed by atoms with van der Waals surface area (Å²) < 4.78 is 0. The summed E-state index contributed by atoms with van der Waals surface area (Å²) in [6, 6.07) is 0. The van der Waals surface area contributed by atoms with Crippen LogP contribution in [-0.4, -0.2) is 0 Å². The van der Waals surface area contributed by atoms with E-state index in [0.717, 1.165) is 11.8 Å². The van der Waals surface area contributed by atoms with Crippen molar-refractivity contribution in [3.8, 4) is 0 Å². The van der Waals surface area contributed by atoms with Gasteiger partial charge in [-0.15, -0.1) is 0 Å². The van der Waals surface area contributed by atoms with Crippen LogP contribution < -0.4 is 0 Å². The topological polar surface area (TPSA) is 0 Å². The summed E-state index contributed by atoms with van der Waals surface area (Å²) in [6.45, 7) is 6.99. The van der Waals surface area contributed by atoms with Gasteiger partial charge in [0.05, 0.1) is 0 Å². The zero-order valence-electron chi connectivity index (χ0n) is 9.47. The Labute approximate surface area is 83.4 Å². The van der Waals surface area contributed by atoms with Gasteiger partial charge < -0.3 is 0 Å². The molecule has 0 bridgehead atoms. The molecule has 0 aliphatic heterocycles. The van der Waals surface area contributed by atoms with Crippen molar-refractivity contribution in [3.63, 3.8) is 0 Å². The predicted molar refractivity (Wildman–Crippen MR) is 59.8 cm³/mol. The van der Waals surface area contributed by atoms with Crippen LogP contribution in [0.25, 0.3) is 0 Å². The number of hydrogen-bond acceptors (Lipinski definition) is 0. The molecule has 2 atom stereocenters. The minimum Gasteiger partial charge on any atom is -0.0851 e. The summed E-state index contributed by atoms with van der Waals surface area (Å²) in [5, 5.41) is 0. The highest BCUT2D eigenvalue weighted by atomic mass is 14.2. The largest absolute Gasteiger partial charge is 0.0851 e. The second-order valence-corrected chi connectivity index (χ2v) is 4.33. The maximum Gasteiger partial charge on any atom is -0.0203 e. The molecule has 0 heteroatoms. The van der Waals surface area contributed by atoms with Crippen LogP contribution in [0.3, 0.4) is 0 Å². The molecule has 13 heavy (non-hydrogen) atoms. The van der Waals surface area contributed by atoms with Crippen molar-refractivity contribution in [2.45, 2.75) is 59.3 Å². The van der Waals surface area contributed by atoms with Gasteiger partial charge in [0.15, 0.2) is 0 Å². The lowest BCUT2D eigenvalue weighted by molar-refractivity contribution is 0.378. The van der Waals surface area contributed by atoms with Gasteiger partial charge in [-0.05, 0) is 43.9 Å². The first-order valence-corrected chi connectivity index (χ1v) is 6.00. The van der Waals surface area contributed by atoms with E-state index in [1.54, 1.807) is 5.57 Å². The molecule has 0 nitrogen and oxygen atoms in total.